The van der Waals surface area contributed by atoms with Crippen molar-refractivity contribution in [3.8, 4) is 0 Å². The lowest BCUT2D eigenvalue weighted by atomic mass is 10.3. The lowest BCUT2D eigenvalue weighted by Crippen LogP contribution is -1.94. The zero-order chi connectivity index (χ0) is 15.1. The van der Waals surface area contributed by atoms with Crippen molar-refractivity contribution < 1.29 is 13.6 Å². The summed E-state index contributed by atoms with van der Waals surface area (Å²) in [5.74, 6) is -1.24. The molecule has 0 saturated carbocycles. The Morgan fingerprint density at radius 3 is 2.10 bits per heavy atom. The Balaban J connectivity index is 0.000000204. The highest BCUT2D eigenvalue weighted by Crippen LogP contribution is 2.12. The number of pyridine rings is 2. The lowest BCUT2D eigenvalue weighted by Gasteiger charge is -1.95. The topological polar surface area (TPSA) is 68.9 Å². The molecule has 0 amide bonds. The highest BCUT2D eigenvalue weighted by atomic mass is 35.5. The van der Waals surface area contributed by atoms with Gasteiger partial charge in [0, 0.05) is 18.8 Å². The Morgan fingerprint density at radius 1 is 1.10 bits per heavy atom. The van der Waals surface area contributed by atoms with Crippen LogP contribution in [0.25, 0.3) is 0 Å². The fourth-order valence-electron chi connectivity index (χ4n) is 1.10. The maximum absolute atomic E-state index is 12.7. The molecule has 0 bridgehead atoms. The van der Waals surface area contributed by atoms with E-state index in [2.05, 4.69) is 9.97 Å². The van der Waals surface area contributed by atoms with Gasteiger partial charge in [-0.25, -0.2) is 13.8 Å². The maximum atomic E-state index is 12.7. The molecule has 0 radical (unpaired) electrons. The van der Waals surface area contributed by atoms with Crippen LogP contribution in [0.15, 0.2) is 24.5 Å². The molecule has 106 valence electrons. The van der Waals surface area contributed by atoms with Gasteiger partial charge in [-0.3, -0.25) is 4.98 Å². The monoisotopic (exact) mass is 319 g/mol. The first-order valence-electron chi connectivity index (χ1n) is 5.24. The normalized spacial score (nSPS) is 9.60. The summed E-state index contributed by atoms with van der Waals surface area (Å²) in [5, 5.41) is 0.485. The van der Waals surface area contributed by atoms with Crippen molar-refractivity contribution in [1.29, 1.82) is 0 Å². The Hall–Kier alpha value is -1.79. The van der Waals surface area contributed by atoms with E-state index in [9.17, 15) is 13.6 Å². The SMILES string of the molecule is Nc1ncc(Cl)cc1F.O=CCc1ncc(Cl)cc1F. The first-order valence-corrected chi connectivity index (χ1v) is 5.99. The summed E-state index contributed by atoms with van der Waals surface area (Å²) in [6.45, 7) is 0. The van der Waals surface area contributed by atoms with E-state index in [1.165, 1.54) is 12.4 Å². The summed E-state index contributed by atoms with van der Waals surface area (Å²) in [6, 6.07) is 2.25. The fourth-order valence-corrected chi connectivity index (χ4v) is 1.39. The lowest BCUT2D eigenvalue weighted by molar-refractivity contribution is -0.107. The number of anilines is 1. The summed E-state index contributed by atoms with van der Waals surface area (Å²) in [7, 11) is 0. The maximum Gasteiger partial charge on any atom is 0.166 e. The van der Waals surface area contributed by atoms with E-state index in [1.807, 2.05) is 0 Å². The number of nitrogens with zero attached hydrogens (tertiary/aromatic N) is 2. The van der Waals surface area contributed by atoms with Crippen LogP contribution in [0.4, 0.5) is 14.6 Å². The first-order chi connectivity index (χ1) is 9.43. The predicted molar refractivity (Wildman–Crippen MR) is 72.6 cm³/mol. The molecule has 0 aliphatic carbocycles. The zero-order valence-electron chi connectivity index (χ0n) is 9.99. The second-order valence-electron chi connectivity index (χ2n) is 3.47. The number of aldehydes is 1. The van der Waals surface area contributed by atoms with Crippen LogP contribution in [-0.4, -0.2) is 16.3 Å². The van der Waals surface area contributed by atoms with Crippen LogP contribution in [0.5, 0.6) is 0 Å². The van der Waals surface area contributed by atoms with Gasteiger partial charge in [0.1, 0.15) is 12.1 Å². The predicted octanol–water partition coefficient (Wildman–Crippen LogP) is 3.07. The summed E-state index contributed by atoms with van der Waals surface area (Å²) in [6.07, 6.45) is 3.19. The van der Waals surface area contributed by atoms with Gasteiger partial charge in [0.2, 0.25) is 0 Å². The molecule has 8 heteroatoms. The van der Waals surface area contributed by atoms with Crippen LogP contribution >= 0.6 is 23.2 Å². The van der Waals surface area contributed by atoms with Crippen molar-refractivity contribution in [1.82, 2.24) is 9.97 Å². The summed E-state index contributed by atoms with van der Waals surface area (Å²) in [5.41, 5.74) is 5.17. The number of aromatic nitrogens is 2. The van der Waals surface area contributed by atoms with Crippen LogP contribution in [0.2, 0.25) is 10.0 Å². The minimum absolute atomic E-state index is 0.0109. The van der Waals surface area contributed by atoms with Gasteiger partial charge in [-0.15, -0.1) is 0 Å². The van der Waals surface area contributed by atoms with Gasteiger partial charge in [0.05, 0.1) is 15.7 Å². The number of hydrogen-bond donors (Lipinski definition) is 1. The molecule has 0 atom stereocenters. The van der Waals surface area contributed by atoms with Crippen molar-refractivity contribution in [2.45, 2.75) is 6.42 Å². The minimum Gasteiger partial charge on any atom is -0.381 e. The minimum atomic E-state index is -0.581. The van der Waals surface area contributed by atoms with Gasteiger partial charge in [-0.2, -0.15) is 0 Å². The zero-order valence-corrected chi connectivity index (χ0v) is 11.5. The first kappa shape index (κ1) is 16.3. The van der Waals surface area contributed by atoms with E-state index in [-0.39, 0.29) is 28.0 Å². The van der Waals surface area contributed by atoms with E-state index < -0.39 is 11.6 Å². The Labute approximate surface area is 123 Å². The average Bonchev–Trinajstić information content (AvgIpc) is 2.39. The van der Waals surface area contributed by atoms with Gasteiger partial charge in [0.15, 0.2) is 11.6 Å². The number of nitrogen functional groups attached to an aromatic ring is 1. The van der Waals surface area contributed by atoms with E-state index in [4.69, 9.17) is 28.9 Å². The number of carbonyl (C=O) groups excluding carboxylic acids is 1. The van der Waals surface area contributed by atoms with Crippen molar-refractivity contribution in [3.63, 3.8) is 0 Å². The molecule has 0 spiro atoms. The number of halogens is 4. The van der Waals surface area contributed by atoms with Crippen molar-refractivity contribution in [2.75, 3.05) is 5.73 Å². The fraction of sp³-hybridized carbons (Fsp3) is 0.0833. The van der Waals surface area contributed by atoms with E-state index in [0.29, 0.717) is 6.29 Å². The quantitative estimate of drug-likeness (QED) is 0.864. The summed E-state index contributed by atoms with van der Waals surface area (Å²) in [4.78, 5) is 17.1. The van der Waals surface area contributed by atoms with Crippen LogP contribution in [-0.2, 0) is 11.2 Å². The average molecular weight is 320 g/mol. The summed E-state index contributed by atoms with van der Waals surface area (Å²) < 4.78 is 25.0. The molecular formula is C12H9Cl2F2N3O. The number of nitrogens with two attached hydrogens (primary N) is 1. The van der Waals surface area contributed by atoms with Crippen molar-refractivity contribution in [3.05, 3.63) is 51.9 Å². The molecule has 0 saturated heterocycles. The van der Waals surface area contributed by atoms with Crippen LogP contribution in [0.3, 0.4) is 0 Å². The standard InChI is InChI=1S/C7H5ClFNO.C5H4ClFN2/c8-5-3-6(9)7(1-2-11)10-4-5;6-3-1-4(7)5(8)9-2-3/h2-4H,1H2;1-2H,(H2,8,9). The second kappa shape index (κ2) is 7.72. The van der Waals surface area contributed by atoms with Crippen LogP contribution < -0.4 is 5.73 Å². The highest BCUT2D eigenvalue weighted by Gasteiger charge is 2.02. The van der Waals surface area contributed by atoms with Gasteiger partial charge >= 0.3 is 0 Å². The van der Waals surface area contributed by atoms with Crippen LogP contribution in [0, 0.1) is 11.6 Å². The third-order valence-corrected chi connectivity index (χ3v) is 2.41. The molecule has 0 aliphatic rings. The Bertz CT molecular complexity index is 611. The second-order valence-corrected chi connectivity index (χ2v) is 4.35. The third-order valence-electron chi connectivity index (χ3n) is 2.00. The van der Waals surface area contributed by atoms with Gasteiger partial charge in [0.25, 0.3) is 0 Å². The third kappa shape index (κ3) is 5.07. The molecule has 0 aromatic carbocycles. The Kier molecular flexibility index (Phi) is 6.27. The summed E-state index contributed by atoms with van der Waals surface area (Å²) >= 11 is 10.8. The van der Waals surface area contributed by atoms with Gasteiger partial charge in [-0.1, -0.05) is 23.2 Å². The molecule has 2 aromatic heterocycles. The molecule has 0 fully saturated rings. The van der Waals surface area contributed by atoms with Crippen molar-refractivity contribution in [2.24, 2.45) is 0 Å². The smallest absolute Gasteiger partial charge is 0.166 e. The molecule has 2 aromatic rings. The molecule has 2 heterocycles. The number of carbonyl (C=O) groups is 1. The van der Waals surface area contributed by atoms with Gasteiger partial charge < -0.3 is 10.5 Å². The van der Waals surface area contributed by atoms with Crippen LogP contribution in [0.1, 0.15) is 5.69 Å². The number of hydrogen-bond acceptors (Lipinski definition) is 4. The van der Waals surface area contributed by atoms with E-state index in [1.54, 1.807) is 0 Å². The van der Waals surface area contributed by atoms with Gasteiger partial charge in [-0.05, 0) is 12.1 Å². The molecule has 20 heavy (non-hydrogen) atoms. The molecule has 2 rings (SSSR count). The molecule has 0 unspecified atom stereocenters. The molecule has 2 N–H and O–H groups in total. The molecule has 0 aliphatic heterocycles. The number of rotatable bonds is 2. The van der Waals surface area contributed by atoms with E-state index >= 15 is 0 Å². The largest absolute Gasteiger partial charge is 0.381 e. The highest BCUT2D eigenvalue weighted by molar-refractivity contribution is 6.30. The molecular weight excluding hydrogens is 311 g/mol. The van der Waals surface area contributed by atoms with E-state index in [0.717, 1.165) is 12.1 Å². The molecule has 4 nitrogen and oxygen atoms in total. The van der Waals surface area contributed by atoms with Crippen molar-refractivity contribution >= 4 is 35.3 Å². The Morgan fingerprint density at radius 2 is 1.65 bits per heavy atom.